The van der Waals surface area contributed by atoms with Crippen LogP contribution in [-0.2, 0) is 23.9 Å². The zero-order valence-corrected chi connectivity index (χ0v) is 19.4. The fourth-order valence-electron chi connectivity index (χ4n) is 3.90. The molecular weight excluding hydrogens is 467 g/mol. The number of halogens is 2. The molecule has 1 unspecified atom stereocenters. The Kier molecular flexibility index (Phi) is 6.44. The van der Waals surface area contributed by atoms with Gasteiger partial charge in [0.05, 0.1) is 23.3 Å². The van der Waals surface area contributed by atoms with Gasteiger partial charge in [-0.05, 0) is 43.7 Å². The number of ether oxygens (including phenoxy) is 2. The molecule has 0 bridgehead atoms. The molecule has 2 aromatic rings. The summed E-state index contributed by atoms with van der Waals surface area (Å²) in [5.41, 5.74) is 1.43. The minimum Gasteiger partial charge on any atom is -0.462 e. The zero-order chi connectivity index (χ0) is 23.7. The Balaban J connectivity index is 2.00. The van der Waals surface area contributed by atoms with Gasteiger partial charge in [-0.2, -0.15) is 0 Å². The van der Waals surface area contributed by atoms with Crippen LogP contribution in [-0.4, -0.2) is 36.0 Å². The van der Waals surface area contributed by atoms with E-state index in [-0.39, 0.29) is 23.9 Å². The summed E-state index contributed by atoms with van der Waals surface area (Å²) >= 11 is 12.3. The van der Waals surface area contributed by atoms with Crippen LogP contribution in [0.2, 0.25) is 10.0 Å². The fraction of sp³-hybridized carbons (Fsp3) is 0.208. The molecule has 4 rings (SSSR count). The molecule has 0 aliphatic carbocycles. The topological polar surface area (TPSA) is 76.2 Å². The molecule has 0 spiro atoms. The van der Waals surface area contributed by atoms with E-state index in [2.05, 4.69) is 0 Å². The third kappa shape index (κ3) is 3.98. The highest BCUT2D eigenvalue weighted by molar-refractivity contribution is 6.42. The molecule has 9 heteroatoms. The van der Waals surface area contributed by atoms with Gasteiger partial charge in [-0.25, -0.2) is 9.59 Å². The first-order chi connectivity index (χ1) is 15.9. The van der Waals surface area contributed by atoms with Crippen LogP contribution >= 0.6 is 23.2 Å². The van der Waals surface area contributed by atoms with Crippen molar-refractivity contribution >= 4 is 52.8 Å². The summed E-state index contributed by atoms with van der Waals surface area (Å²) in [7, 11) is 0. The molecule has 1 amide bonds. The highest BCUT2D eigenvalue weighted by atomic mass is 35.5. The Bertz CT molecular complexity index is 1210. The van der Waals surface area contributed by atoms with Crippen molar-refractivity contribution in [3.63, 3.8) is 0 Å². The minimum absolute atomic E-state index is 0.0284. The number of nitrogens with zero attached hydrogens (tertiary/aromatic N) is 2. The number of carbonyl (C=O) groups excluding carboxylic acids is 3. The van der Waals surface area contributed by atoms with Gasteiger partial charge >= 0.3 is 11.9 Å². The molecule has 170 valence electrons. The molecule has 0 fully saturated rings. The monoisotopic (exact) mass is 486 g/mol. The second-order valence-corrected chi connectivity index (χ2v) is 7.98. The zero-order valence-electron chi connectivity index (χ0n) is 17.9. The molecule has 0 saturated carbocycles. The number of hydrogen-bond donors (Lipinski definition) is 0. The molecule has 2 aliphatic heterocycles. The maximum atomic E-state index is 13.9. The third-order valence-corrected chi connectivity index (χ3v) is 5.99. The molecule has 7 nitrogen and oxygen atoms in total. The van der Waals surface area contributed by atoms with E-state index < -0.39 is 29.6 Å². The highest BCUT2D eigenvalue weighted by Crippen LogP contribution is 2.44. The summed E-state index contributed by atoms with van der Waals surface area (Å²) in [5, 5.41) is 0.560. The van der Waals surface area contributed by atoms with Gasteiger partial charge in [-0.15, -0.1) is 0 Å². The van der Waals surface area contributed by atoms with E-state index in [4.69, 9.17) is 32.7 Å². The van der Waals surface area contributed by atoms with Crippen LogP contribution in [0.15, 0.2) is 59.9 Å². The lowest BCUT2D eigenvalue weighted by Crippen LogP contribution is -2.52. The van der Waals surface area contributed by atoms with Gasteiger partial charge in [0, 0.05) is 17.5 Å². The van der Waals surface area contributed by atoms with Crippen LogP contribution in [0.4, 0.5) is 5.69 Å². The quantitative estimate of drug-likeness (QED) is 0.450. The average Bonchev–Trinajstić information content (AvgIpc) is 2.80. The maximum Gasteiger partial charge on any atom is 0.356 e. The fourth-order valence-corrected chi connectivity index (χ4v) is 4.19. The lowest BCUT2D eigenvalue weighted by molar-refractivity contribution is -0.145. The van der Waals surface area contributed by atoms with Crippen LogP contribution in [0.5, 0.6) is 0 Å². The molecule has 2 heterocycles. The second kappa shape index (κ2) is 9.29. The smallest absolute Gasteiger partial charge is 0.356 e. The van der Waals surface area contributed by atoms with Gasteiger partial charge in [0.1, 0.15) is 11.9 Å². The number of carbonyl (C=O) groups is 3. The number of hydrogen-bond acceptors (Lipinski definition) is 6. The molecule has 0 saturated heterocycles. The first kappa shape index (κ1) is 22.9. The van der Waals surface area contributed by atoms with E-state index >= 15 is 0 Å². The molecule has 33 heavy (non-hydrogen) atoms. The Hall–Kier alpha value is -3.29. The Morgan fingerprint density at radius 1 is 0.970 bits per heavy atom. The Morgan fingerprint density at radius 2 is 1.67 bits per heavy atom. The van der Waals surface area contributed by atoms with E-state index in [9.17, 15) is 14.4 Å². The largest absolute Gasteiger partial charge is 0.462 e. The minimum atomic E-state index is -0.915. The number of rotatable bonds is 5. The summed E-state index contributed by atoms with van der Waals surface area (Å²) in [4.78, 5) is 42.7. The van der Waals surface area contributed by atoms with Crippen LogP contribution in [0.1, 0.15) is 31.1 Å². The number of anilines is 1. The number of esters is 2. The van der Waals surface area contributed by atoms with Crippen molar-refractivity contribution in [2.75, 3.05) is 18.1 Å². The SMILES string of the molecule is CCOC(=O)C1=C(C(=O)OCC)N2C=Cc3ccccc3C2N(c2ccc(Cl)c(Cl)c2)C1=O. The van der Waals surface area contributed by atoms with Crippen molar-refractivity contribution < 1.29 is 23.9 Å². The predicted molar refractivity (Wildman–Crippen MR) is 124 cm³/mol. The molecule has 0 aromatic heterocycles. The van der Waals surface area contributed by atoms with Crippen molar-refractivity contribution in [3.05, 3.63) is 81.1 Å². The summed E-state index contributed by atoms with van der Waals surface area (Å²) in [5.74, 6) is -2.42. The standard InChI is InChI=1S/C24H20Cl2N2O5/c1-3-32-23(30)19-20(24(31)33-4-2)27-12-11-14-7-5-6-8-16(14)21(27)28(22(19)29)15-9-10-17(25)18(26)13-15/h5-13,21H,3-4H2,1-2H3. The average molecular weight is 487 g/mol. The number of fused-ring (bicyclic) bond motifs is 3. The molecule has 2 aromatic carbocycles. The van der Waals surface area contributed by atoms with E-state index in [1.54, 1.807) is 49.2 Å². The Labute approximate surface area is 200 Å². The summed E-state index contributed by atoms with van der Waals surface area (Å²) in [6.45, 7) is 3.36. The van der Waals surface area contributed by atoms with Crippen LogP contribution in [0, 0.1) is 0 Å². The molecule has 1 atom stereocenters. The summed E-state index contributed by atoms with van der Waals surface area (Å²) in [6, 6.07) is 12.2. The highest BCUT2D eigenvalue weighted by Gasteiger charge is 2.47. The van der Waals surface area contributed by atoms with Crippen LogP contribution in [0.25, 0.3) is 6.08 Å². The van der Waals surface area contributed by atoms with E-state index in [0.29, 0.717) is 10.7 Å². The molecule has 0 N–H and O–H groups in total. The van der Waals surface area contributed by atoms with Crippen molar-refractivity contribution in [1.29, 1.82) is 0 Å². The maximum absolute atomic E-state index is 13.9. The van der Waals surface area contributed by atoms with Gasteiger partial charge in [0.15, 0.2) is 5.57 Å². The van der Waals surface area contributed by atoms with Crippen LogP contribution in [0.3, 0.4) is 0 Å². The van der Waals surface area contributed by atoms with Gasteiger partial charge in [-0.1, -0.05) is 47.5 Å². The normalized spacial score (nSPS) is 17.0. The Morgan fingerprint density at radius 3 is 2.36 bits per heavy atom. The molecule has 2 aliphatic rings. The van der Waals surface area contributed by atoms with E-state index in [0.717, 1.165) is 11.1 Å². The van der Waals surface area contributed by atoms with Crippen molar-refractivity contribution in [2.45, 2.75) is 20.0 Å². The lowest BCUT2D eigenvalue weighted by Gasteiger charge is -2.45. The van der Waals surface area contributed by atoms with E-state index in [1.807, 2.05) is 24.3 Å². The summed E-state index contributed by atoms with van der Waals surface area (Å²) in [6.07, 6.45) is 2.68. The van der Waals surface area contributed by atoms with Gasteiger partial charge < -0.3 is 14.4 Å². The van der Waals surface area contributed by atoms with Gasteiger partial charge in [0.25, 0.3) is 5.91 Å². The molecule has 0 radical (unpaired) electrons. The van der Waals surface area contributed by atoms with E-state index in [1.165, 1.54) is 4.90 Å². The summed E-state index contributed by atoms with van der Waals surface area (Å²) < 4.78 is 10.3. The second-order valence-electron chi connectivity index (χ2n) is 7.16. The van der Waals surface area contributed by atoms with Crippen molar-refractivity contribution in [2.24, 2.45) is 0 Å². The predicted octanol–water partition coefficient (Wildman–Crippen LogP) is 4.71. The van der Waals surface area contributed by atoms with Crippen LogP contribution < -0.4 is 4.90 Å². The first-order valence-electron chi connectivity index (χ1n) is 10.3. The van der Waals surface area contributed by atoms with Crippen molar-refractivity contribution in [3.8, 4) is 0 Å². The van der Waals surface area contributed by atoms with Crippen molar-refractivity contribution in [1.82, 2.24) is 4.90 Å². The molecular formula is C24H20Cl2N2O5. The third-order valence-electron chi connectivity index (χ3n) is 5.25. The van der Waals surface area contributed by atoms with Gasteiger partial charge in [0.2, 0.25) is 0 Å². The lowest BCUT2D eigenvalue weighted by atomic mass is 9.94. The first-order valence-corrected chi connectivity index (χ1v) is 11.1. The van der Waals surface area contributed by atoms with Gasteiger partial charge in [-0.3, -0.25) is 9.69 Å². The number of benzene rings is 2. The number of amides is 1.